The van der Waals surface area contributed by atoms with Gasteiger partial charge in [-0.3, -0.25) is 9.59 Å². The molecule has 0 saturated carbocycles. The normalized spacial score (nSPS) is 11.9. The van der Waals surface area contributed by atoms with Crippen molar-refractivity contribution < 1.29 is 9.59 Å². The van der Waals surface area contributed by atoms with Gasteiger partial charge in [0, 0.05) is 27.0 Å². The fourth-order valence-corrected chi connectivity index (χ4v) is 4.49. The second-order valence-corrected chi connectivity index (χ2v) is 10.5. The van der Waals surface area contributed by atoms with Crippen LogP contribution in [-0.2, 0) is 4.79 Å². The molecule has 0 aromatic heterocycles. The average Bonchev–Trinajstić information content (AvgIpc) is 2.73. The van der Waals surface area contributed by atoms with Crippen molar-refractivity contribution in [3.05, 3.63) is 92.4 Å². The summed E-state index contributed by atoms with van der Waals surface area (Å²) >= 11 is 31.1. The minimum atomic E-state index is -1.49. The molecule has 0 aliphatic rings. The van der Waals surface area contributed by atoms with E-state index in [0.717, 1.165) is 0 Å². The summed E-state index contributed by atoms with van der Waals surface area (Å²) < 4.78 is -1.49. The monoisotopic (exact) mass is 552 g/mol. The molecule has 1 atom stereocenters. The number of benzene rings is 3. The van der Waals surface area contributed by atoms with E-state index < -0.39 is 22.1 Å². The minimum absolute atomic E-state index is 0.146. The maximum Gasteiger partial charge on any atom is 0.257 e. The van der Waals surface area contributed by atoms with Gasteiger partial charge in [0.1, 0.15) is 4.33 Å². The Morgan fingerprint density at radius 2 is 1.56 bits per heavy atom. The van der Waals surface area contributed by atoms with Crippen molar-refractivity contribution >= 4 is 81.2 Å². The van der Waals surface area contributed by atoms with E-state index >= 15 is 0 Å². The molecular weight excluding hydrogens is 538 g/mol. The van der Waals surface area contributed by atoms with Crippen molar-refractivity contribution in [2.24, 2.45) is 0 Å². The SMILES string of the molecule is C#Cc1cccc(NC(=O)c2cc(NC(=O)C(c3cc(Cl)cc(Cl)c3)C(C)(Cl)Cl)ccc2Cl)c1. The van der Waals surface area contributed by atoms with Gasteiger partial charge in [-0.25, -0.2) is 0 Å². The third-order valence-corrected chi connectivity index (χ3v) is 5.96. The van der Waals surface area contributed by atoms with Crippen LogP contribution in [0.2, 0.25) is 15.1 Å². The lowest BCUT2D eigenvalue weighted by Gasteiger charge is -2.26. The van der Waals surface area contributed by atoms with Gasteiger partial charge in [-0.05, 0) is 67.1 Å². The Morgan fingerprint density at radius 3 is 2.18 bits per heavy atom. The molecule has 0 spiro atoms. The predicted octanol–water partition coefficient (Wildman–Crippen LogP) is 7.80. The first-order valence-electron chi connectivity index (χ1n) is 9.80. The Hall–Kier alpha value is -2.39. The van der Waals surface area contributed by atoms with Crippen LogP contribution in [0.1, 0.15) is 34.3 Å². The summed E-state index contributed by atoms with van der Waals surface area (Å²) in [4.78, 5) is 26.0. The zero-order chi connectivity index (χ0) is 25.0. The van der Waals surface area contributed by atoms with E-state index in [1.807, 2.05) is 0 Å². The lowest BCUT2D eigenvalue weighted by molar-refractivity contribution is -0.117. The molecule has 0 fully saturated rings. The molecule has 9 heteroatoms. The number of rotatable bonds is 6. The van der Waals surface area contributed by atoms with Crippen molar-refractivity contribution in [2.75, 3.05) is 10.6 Å². The smallest absolute Gasteiger partial charge is 0.257 e. The summed E-state index contributed by atoms with van der Waals surface area (Å²) in [5.74, 6) is 0.475. The molecule has 0 heterocycles. The molecule has 2 amide bonds. The highest BCUT2D eigenvalue weighted by atomic mass is 35.5. The Kier molecular flexibility index (Phi) is 8.41. The number of carbonyl (C=O) groups is 2. The van der Waals surface area contributed by atoms with Gasteiger partial charge in [0.2, 0.25) is 5.91 Å². The van der Waals surface area contributed by atoms with Crippen molar-refractivity contribution in [1.29, 1.82) is 0 Å². The number of anilines is 2. The standard InChI is InChI=1S/C25H17Cl5N2O2/c1-3-14-5-4-6-18(9-14)31-23(33)20-13-19(7-8-21(20)28)32-24(34)22(25(2,29)30)15-10-16(26)12-17(27)11-15/h1,4-13,22H,2H3,(H,31,33)(H,32,34). The van der Waals surface area contributed by atoms with Crippen molar-refractivity contribution in [3.8, 4) is 12.3 Å². The van der Waals surface area contributed by atoms with Crippen LogP contribution in [0.25, 0.3) is 0 Å². The Labute approximate surface area is 222 Å². The molecular formula is C25H17Cl5N2O2. The van der Waals surface area contributed by atoms with Crippen molar-refractivity contribution in [2.45, 2.75) is 17.2 Å². The minimum Gasteiger partial charge on any atom is -0.325 e. The lowest BCUT2D eigenvalue weighted by atomic mass is 9.94. The Bertz CT molecular complexity index is 1270. The summed E-state index contributed by atoms with van der Waals surface area (Å²) in [5.41, 5.74) is 2.01. The summed E-state index contributed by atoms with van der Waals surface area (Å²) in [6.45, 7) is 1.49. The van der Waals surface area contributed by atoms with E-state index in [4.69, 9.17) is 64.4 Å². The van der Waals surface area contributed by atoms with Gasteiger partial charge in [-0.15, -0.1) is 29.6 Å². The number of nitrogens with one attached hydrogen (secondary N) is 2. The quantitative estimate of drug-likeness (QED) is 0.241. The topological polar surface area (TPSA) is 58.2 Å². The fourth-order valence-electron chi connectivity index (χ4n) is 3.29. The first kappa shape index (κ1) is 26.2. The zero-order valence-corrected chi connectivity index (χ0v) is 21.4. The molecule has 1 unspecified atom stereocenters. The van der Waals surface area contributed by atoms with Gasteiger partial charge in [0.25, 0.3) is 5.91 Å². The van der Waals surface area contributed by atoms with Crippen molar-refractivity contribution in [3.63, 3.8) is 0 Å². The summed E-state index contributed by atoms with van der Waals surface area (Å²) in [6, 6.07) is 16.0. The van der Waals surface area contributed by atoms with E-state index in [-0.39, 0.29) is 10.6 Å². The van der Waals surface area contributed by atoms with Gasteiger partial charge in [-0.2, -0.15) is 0 Å². The summed E-state index contributed by atoms with van der Waals surface area (Å²) in [6.07, 6.45) is 5.41. The molecule has 3 aromatic rings. The number of halogens is 5. The van der Waals surface area contributed by atoms with Gasteiger partial charge in [0.15, 0.2) is 0 Å². The van der Waals surface area contributed by atoms with Crippen LogP contribution >= 0.6 is 58.0 Å². The van der Waals surface area contributed by atoms with Crippen molar-refractivity contribution in [1.82, 2.24) is 0 Å². The van der Waals surface area contributed by atoms with Crippen LogP contribution in [0.5, 0.6) is 0 Å². The first-order chi connectivity index (χ1) is 16.0. The summed E-state index contributed by atoms with van der Waals surface area (Å²) in [7, 11) is 0. The largest absolute Gasteiger partial charge is 0.325 e. The maximum absolute atomic E-state index is 13.2. The molecule has 34 heavy (non-hydrogen) atoms. The van der Waals surface area contributed by atoms with E-state index in [0.29, 0.717) is 32.5 Å². The van der Waals surface area contributed by atoms with Crippen LogP contribution in [0, 0.1) is 12.3 Å². The molecule has 3 rings (SSSR count). The predicted molar refractivity (Wildman–Crippen MR) is 142 cm³/mol. The van der Waals surface area contributed by atoms with Crippen LogP contribution in [0.4, 0.5) is 11.4 Å². The molecule has 0 aliphatic carbocycles. The number of alkyl halides is 2. The van der Waals surface area contributed by atoms with Gasteiger partial charge < -0.3 is 10.6 Å². The number of carbonyl (C=O) groups excluding carboxylic acids is 2. The van der Waals surface area contributed by atoms with Gasteiger partial charge >= 0.3 is 0 Å². The Morgan fingerprint density at radius 1 is 0.912 bits per heavy atom. The highest BCUT2D eigenvalue weighted by Crippen LogP contribution is 2.40. The van der Waals surface area contributed by atoms with Gasteiger partial charge in [-0.1, -0.05) is 46.8 Å². The highest BCUT2D eigenvalue weighted by Gasteiger charge is 2.37. The van der Waals surface area contributed by atoms with Crippen LogP contribution < -0.4 is 10.6 Å². The van der Waals surface area contributed by atoms with Crippen LogP contribution in [-0.4, -0.2) is 16.1 Å². The summed E-state index contributed by atoms with van der Waals surface area (Å²) in [5, 5.41) is 6.33. The van der Waals surface area contributed by atoms with E-state index in [2.05, 4.69) is 16.6 Å². The fraction of sp³-hybridized carbons (Fsp3) is 0.120. The molecule has 0 radical (unpaired) electrons. The number of hydrogen-bond acceptors (Lipinski definition) is 2. The van der Waals surface area contributed by atoms with E-state index in [1.54, 1.807) is 42.5 Å². The average molecular weight is 555 g/mol. The molecule has 4 nitrogen and oxygen atoms in total. The van der Waals surface area contributed by atoms with E-state index in [9.17, 15) is 9.59 Å². The maximum atomic E-state index is 13.2. The molecule has 3 aromatic carbocycles. The number of amides is 2. The lowest BCUT2D eigenvalue weighted by Crippen LogP contribution is -2.32. The van der Waals surface area contributed by atoms with Gasteiger partial charge in [0.05, 0.1) is 16.5 Å². The number of terminal acetylenes is 1. The van der Waals surface area contributed by atoms with Crippen LogP contribution in [0.15, 0.2) is 60.7 Å². The van der Waals surface area contributed by atoms with E-state index in [1.165, 1.54) is 25.1 Å². The second-order valence-electron chi connectivity index (χ2n) is 7.46. The van der Waals surface area contributed by atoms with Crippen LogP contribution in [0.3, 0.4) is 0 Å². The second kappa shape index (κ2) is 10.9. The third kappa shape index (κ3) is 6.60. The molecule has 0 saturated heterocycles. The molecule has 0 bridgehead atoms. The molecule has 174 valence electrons. The molecule has 0 aliphatic heterocycles. The first-order valence-corrected chi connectivity index (χ1v) is 11.7. The number of hydrogen-bond donors (Lipinski definition) is 2. The third-order valence-electron chi connectivity index (χ3n) is 4.75. The highest BCUT2D eigenvalue weighted by molar-refractivity contribution is 6.50. The Balaban J connectivity index is 1.87. The zero-order valence-electron chi connectivity index (χ0n) is 17.6. The molecule has 2 N–H and O–H groups in total.